The van der Waals surface area contributed by atoms with Gasteiger partial charge in [0.15, 0.2) is 0 Å². The fraction of sp³-hybridized carbons (Fsp3) is 0.400. The summed E-state index contributed by atoms with van der Waals surface area (Å²) in [6, 6.07) is 18.9. The van der Waals surface area contributed by atoms with Crippen molar-refractivity contribution in [2.24, 2.45) is 10.9 Å². The first-order valence-electron chi connectivity index (χ1n) is 10.8. The maximum Gasteiger partial charge on any atom is 0.328 e. The lowest BCUT2D eigenvalue weighted by Gasteiger charge is -2.22. The summed E-state index contributed by atoms with van der Waals surface area (Å²) in [6.07, 6.45) is 1.68. The number of halogens is 1. The van der Waals surface area contributed by atoms with Crippen LogP contribution in [0.5, 0.6) is 0 Å². The molecule has 0 bridgehead atoms. The van der Waals surface area contributed by atoms with Crippen molar-refractivity contribution in [2.45, 2.75) is 32.2 Å². The van der Waals surface area contributed by atoms with Gasteiger partial charge in [0.1, 0.15) is 25.9 Å². The minimum atomic E-state index is -1.01. The van der Waals surface area contributed by atoms with Gasteiger partial charge in [-0.15, -0.1) is 0 Å². The molecule has 3 rings (SSSR count). The summed E-state index contributed by atoms with van der Waals surface area (Å²) in [7, 11) is 0. The molecule has 0 radical (unpaired) electrons. The number of rotatable bonds is 9. The fourth-order valence-corrected chi connectivity index (χ4v) is 3.54. The molecule has 6 nitrogen and oxygen atoms in total. The maximum atomic E-state index is 14.2. The van der Waals surface area contributed by atoms with E-state index in [9.17, 15) is 14.0 Å². The molecule has 0 aliphatic carbocycles. The second-order valence-corrected chi connectivity index (χ2v) is 7.91. The lowest BCUT2D eigenvalue weighted by Crippen LogP contribution is -2.37. The maximum absolute atomic E-state index is 14.2. The summed E-state index contributed by atoms with van der Waals surface area (Å²) >= 11 is 0. The van der Waals surface area contributed by atoms with Crippen molar-refractivity contribution in [1.82, 2.24) is 4.90 Å². The Balaban J connectivity index is 1.42. The number of aliphatic imine (C=N–C) groups is 1. The number of likely N-dealkylation sites (tertiary alicyclic amines) is 1. The number of esters is 2. The predicted octanol–water partition coefficient (Wildman–Crippen LogP) is 3.59. The van der Waals surface area contributed by atoms with Gasteiger partial charge in [0.2, 0.25) is 0 Å². The normalized spacial score (nSPS) is 19.4. The molecule has 0 N–H and O–H groups in total. The number of benzene rings is 2. The Morgan fingerprint density at radius 3 is 2.12 bits per heavy atom. The Morgan fingerprint density at radius 2 is 1.50 bits per heavy atom. The number of alkyl halides is 1. The van der Waals surface area contributed by atoms with Gasteiger partial charge >= 0.3 is 11.9 Å². The number of carbonyl (C=O) groups excluding carboxylic acids is 2. The number of hydrogen-bond donors (Lipinski definition) is 0. The molecule has 1 heterocycles. The molecule has 1 aliphatic rings. The largest absolute Gasteiger partial charge is 0.460 e. The van der Waals surface area contributed by atoms with Crippen LogP contribution in [0.2, 0.25) is 0 Å². The molecule has 32 heavy (non-hydrogen) atoms. The molecule has 0 saturated carbocycles. The molecule has 0 spiro atoms. The third kappa shape index (κ3) is 8.59. The topological polar surface area (TPSA) is 68.2 Å². The van der Waals surface area contributed by atoms with Gasteiger partial charge in [0.05, 0.1) is 6.54 Å². The lowest BCUT2D eigenvalue weighted by atomic mass is 10.0. The monoisotopic (exact) mass is 440 g/mol. The first-order valence-corrected chi connectivity index (χ1v) is 10.8. The minimum absolute atomic E-state index is 0.0245. The van der Waals surface area contributed by atoms with Gasteiger partial charge in [-0.2, -0.15) is 0 Å². The van der Waals surface area contributed by atoms with Crippen molar-refractivity contribution in [3.8, 4) is 0 Å². The van der Waals surface area contributed by atoms with E-state index in [2.05, 4.69) is 4.99 Å². The molecular formula is C25H29FN2O4. The van der Waals surface area contributed by atoms with Gasteiger partial charge in [0, 0.05) is 25.2 Å². The average molecular weight is 441 g/mol. The van der Waals surface area contributed by atoms with Crippen LogP contribution in [0.4, 0.5) is 4.39 Å². The first-order chi connectivity index (χ1) is 15.6. The van der Waals surface area contributed by atoms with E-state index in [0.29, 0.717) is 19.4 Å². The summed E-state index contributed by atoms with van der Waals surface area (Å²) in [5, 5.41) is 0. The second-order valence-electron chi connectivity index (χ2n) is 7.91. The van der Waals surface area contributed by atoms with E-state index in [1.807, 2.05) is 60.7 Å². The van der Waals surface area contributed by atoms with Crippen LogP contribution in [-0.2, 0) is 32.3 Å². The van der Waals surface area contributed by atoms with Gasteiger partial charge in [-0.05, 0) is 24.0 Å². The molecule has 1 aliphatic heterocycles. The molecule has 7 heteroatoms. The van der Waals surface area contributed by atoms with E-state index in [1.165, 1.54) is 0 Å². The molecular weight excluding hydrogens is 411 g/mol. The van der Waals surface area contributed by atoms with Gasteiger partial charge in [-0.1, -0.05) is 60.7 Å². The van der Waals surface area contributed by atoms with Crippen molar-refractivity contribution in [3.05, 3.63) is 71.8 Å². The molecule has 0 aromatic heterocycles. The first kappa shape index (κ1) is 23.6. The molecule has 2 aromatic carbocycles. The highest BCUT2D eigenvalue weighted by atomic mass is 19.1. The summed E-state index contributed by atoms with van der Waals surface area (Å²) in [4.78, 5) is 30.1. The van der Waals surface area contributed by atoms with Gasteiger partial charge < -0.3 is 9.47 Å². The van der Waals surface area contributed by atoms with Crippen molar-refractivity contribution in [2.75, 3.05) is 26.2 Å². The molecule has 1 saturated heterocycles. The molecule has 1 fully saturated rings. The molecule has 2 atom stereocenters. The zero-order valence-electron chi connectivity index (χ0n) is 18.1. The quantitative estimate of drug-likeness (QED) is 0.440. The zero-order chi connectivity index (χ0) is 22.6. The predicted molar refractivity (Wildman–Crippen MR) is 120 cm³/mol. The minimum Gasteiger partial charge on any atom is -0.460 e. The van der Waals surface area contributed by atoms with Gasteiger partial charge in [0.25, 0.3) is 0 Å². The van der Waals surface area contributed by atoms with Crippen molar-refractivity contribution in [1.29, 1.82) is 0 Å². The molecule has 0 amide bonds. The van der Waals surface area contributed by atoms with Crippen LogP contribution in [0.25, 0.3) is 0 Å². The van der Waals surface area contributed by atoms with Gasteiger partial charge in [-0.3, -0.25) is 19.5 Å². The number of carbonyl (C=O) groups is 2. The van der Waals surface area contributed by atoms with Crippen molar-refractivity contribution in [3.63, 3.8) is 0 Å². The second kappa shape index (κ2) is 12.7. The van der Waals surface area contributed by atoms with Crippen LogP contribution in [0.1, 0.15) is 24.0 Å². The Labute approximate surface area is 188 Å². The van der Waals surface area contributed by atoms with Crippen LogP contribution in [0, 0.1) is 5.92 Å². The average Bonchev–Trinajstić information content (AvgIpc) is 2.98. The van der Waals surface area contributed by atoms with Crippen LogP contribution in [-0.4, -0.2) is 55.4 Å². The van der Waals surface area contributed by atoms with Crippen molar-refractivity contribution < 1.29 is 23.5 Å². The smallest absolute Gasteiger partial charge is 0.328 e. The highest BCUT2D eigenvalue weighted by molar-refractivity contribution is 5.74. The summed E-state index contributed by atoms with van der Waals surface area (Å²) < 4.78 is 24.7. The zero-order valence-corrected chi connectivity index (χ0v) is 18.1. The third-order valence-corrected chi connectivity index (χ3v) is 5.17. The van der Waals surface area contributed by atoms with E-state index in [-0.39, 0.29) is 44.7 Å². The number of ether oxygens (including phenoxy) is 2. The van der Waals surface area contributed by atoms with Crippen LogP contribution in [0.15, 0.2) is 65.7 Å². The van der Waals surface area contributed by atoms with Gasteiger partial charge in [-0.25, -0.2) is 4.39 Å². The highest BCUT2D eigenvalue weighted by Crippen LogP contribution is 2.18. The van der Waals surface area contributed by atoms with E-state index < -0.39 is 12.1 Å². The Kier molecular flexibility index (Phi) is 9.37. The SMILES string of the molecule is O=C(C/N=C/[C@H]1CCC(F)CN(CC(=O)OCc2ccccc2)C1)OCc1ccccc1. The van der Waals surface area contributed by atoms with Crippen LogP contribution >= 0.6 is 0 Å². The lowest BCUT2D eigenvalue weighted by molar-refractivity contribution is -0.146. The molecule has 2 aromatic rings. The number of hydrogen-bond acceptors (Lipinski definition) is 6. The summed E-state index contributed by atoms with van der Waals surface area (Å²) in [5.41, 5.74) is 1.82. The van der Waals surface area contributed by atoms with E-state index >= 15 is 0 Å². The third-order valence-electron chi connectivity index (χ3n) is 5.17. The van der Waals surface area contributed by atoms with Crippen molar-refractivity contribution >= 4 is 18.2 Å². The molecule has 170 valence electrons. The van der Waals surface area contributed by atoms with E-state index in [1.54, 1.807) is 11.1 Å². The Bertz CT molecular complexity index is 876. The Morgan fingerprint density at radius 1 is 0.906 bits per heavy atom. The number of nitrogens with zero attached hydrogens (tertiary/aromatic N) is 2. The standard InChI is InChI=1S/C25H29FN2O4/c26-23-12-11-22(13-27-14-24(29)31-18-20-7-3-1-4-8-20)15-28(16-23)17-25(30)32-19-21-9-5-2-6-10-21/h1-10,13,22-23H,11-12,14-19H2/b27-13+/t22-,23?/m1/s1. The highest BCUT2D eigenvalue weighted by Gasteiger charge is 2.25. The fourth-order valence-electron chi connectivity index (χ4n) is 3.54. The van der Waals surface area contributed by atoms with E-state index in [4.69, 9.17) is 9.47 Å². The summed E-state index contributed by atoms with van der Waals surface area (Å²) in [5.74, 6) is -0.842. The van der Waals surface area contributed by atoms with Crippen LogP contribution < -0.4 is 0 Å². The summed E-state index contributed by atoms with van der Waals surface area (Å²) in [6.45, 7) is 1.02. The molecule has 1 unspecified atom stereocenters. The Hall–Kier alpha value is -3.06. The van der Waals surface area contributed by atoms with Crippen LogP contribution in [0.3, 0.4) is 0 Å². The van der Waals surface area contributed by atoms with E-state index in [0.717, 1.165) is 11.1 Å².